The van der Waals surface area contributed by atoms with Crippen LogP contribution in [0, 0.1) is 5.41 Å². The lowest BCUT2D eigenvalue weighted by molar-refractivity contribution is 0.232. The van der Waals surface area contributed by atoms with Crippen molar-refractivity contribution in [3.63, 3.8) is 0 Å². The van der Waals surface area contributed by atoms with Crippen LogP contribution >= 0.6 is 0 Å². The van der Waals surface area contributed by atoms with Crippen molar-refractivity contribution in [1.82, 2.24) is 5.32 Å². The monoisotopic (exact) mass is 258 g/mol. The highest BCUT2D eigenvalue weighted by Crippen LogP contribution is 2.40. The number of anilines is 1. The Morgan fingerprint density at radius 2 is 1.74 bits per heavy atom. The van der Waals surface area contributed by atoms with Crippen LogP contribution in [0.15, 0.2) is 24.3 Å². The van der Waals surface area contributed by atoms with Crippen LogP contribution in [-0.4, -0.2) is 26.2 Å². The Hall–Kier alpha value is -1.02. The van der Waals surface area contributed by atoms with Crippen LogP contribution in [0.2, 0.25) is 0 Å². The molecule has 0 aromatic heterocycles. The number of rotatable bonds is 2. The largest absolute Gasteiger partial charge is 0.371 e. The normalized spacial score (nSPS) is 22.4. The maximum absolute atomic E-state index is 3.49. The first-order valence-electron chi connectivity index (χ1n) is 7.74. The lowest BCUT2D eigenvalue weighted by Gasteiger charge is -2.34. The van der Waals surface area contributed by atoms with Crippen LogP contribution < -0.4 is 10.2 Å². The second kappa shape index (κ2) is 5.16. The molecule has 1 aromatic rings. The molecule has 0 amide bonds. The minimum atomic E-state index is 0.599. The smallest absolute Gasteiger partial charge is 0.0366 e. The number of hydrogen-bond acceptors (Lipinski definition) is 2. The topological polar surface area (TPSA) is 15.3 Å². The molecule has 104 valence electrons. The standard InChI is InChI=1S/C17H26N2/c1-14(2)15-3-5-16(6-4-15)19-12-9-17(13-19)7-10-18-11-8-17/h3-6,14,18H,7-13H2,1-2H3. The number of nitrogens with one attached hydrogen (secondary N) is 1. The molecule has 2 heteroatoms. The summed E-state index contributed by atoms with van der Waals surface area (Å²) in [6.45, 7) is 9.43. The zero-order valence-electron chi connectivity index (χ0n) is 12.3. The van der Waals surface area contributed by atoms with Gasteiger partial charge in [-0.1, -0.05) is 26.0 Å². The molecule has 0 saturated carbocycles. The van der Waals surface area contributed by atoms with E-state index in [0.717, 1.165) is 0 Å². The van der Waals surface area contributed by atoms with E-state index in [1.165, 1.54) is 56.7 Å². The number of benzene rings is 1. The lowest BCUT2D eigenvalue weighted by Crippen LogP contribution is -2.38. The predicted molar refractivity (Wildman–Crippen MR) is 81.9 cm³/mol. The molecule has 3 rings (SSSR count). The van der Waals surface area contributed by atoms with Gasteiger partial charge in [0.25, 0.3) is 0 Å². The zero-order chi connectivity index (χ0) is 13.3. The summed E-state index contributed by atoms with van der Waals surface area (Å²) in [5, 5.41) is 3.49. The minimum Gasteiger partial charge on any atom is -0.371 e. The van der Waals surface area contributed by atoms with Crippen molar-refractivity contribution in [2.24, 2.45) is 5.41 Å². The Morgan fingerprint density at radius 1 is 1.05 bits per heavy atom. The van der Waals surface area contributed by atoms with Gasteiger partial charge in [-0.15, -0.1) is 0 Å². The summed E-state index contributed by atoms with van der Waals surface area (Å²) in [5.74, 6) is 0.628. The molecule has 1 N–H and O–H groups in total. The van der Waals surface area contributed by atoms with Crippen molar-refractivity contribution < 1.29 is 0 Å². The van der Waals surface area contributed by atoms with Crippen LogP contribution in [-0.2, 0) is 0 Å². The molecule has 2 saturated heterocycles. The first-order valence-corrected chi connectivity index (χ1v) is 7.74. The summed E-state index contributed by atoms with van der Waals surface area (Å²) in [7, 11) is 0. The van der Waals surface area contributed by atoms with Gasteiger partial charge in [0.2, 0.25) is 0 Å². The summed E-state index contributed by atoms with van der Waals surface area (Å²) >= 11 is 0. The highest BCUT2D eigenvalue weighted by molar-refractivity contribution is 5.49. The van der Waals surface area contributed by atoms with E-state index in [9.17, 15) is 0 Å². The summed E-state index contributed by atoms with van der Waals surface area (Å²) in [4.78, 5) is 2.59. The van der Waals surface area contributed by atoms with Gasteiger partial charge in [0, 0.05) is 18.8 Å². The van der Waals surface area contributed by atoms with Gasteiger partial charge in [-0.2, -0.15) is 0 Å². The predicted octanol–water partition coefficient (Wildman–Crippen LogP) is 3.39. The molecular weight excluding hydrogens is 232 g/mol. The highest BCUT2D eigenvalue weighted by Gasteiger charge is 2.38. The summed E-state index contributed by atoms with van der Waals surface area (Å²) in [6.07, 6.45) is 4.09. The van der Waals surface area contributed by atoms with Crippen molar-refractivity contribution in [2.45, 2.75) is 39.0 Å². The SMILES string of the molecule is CC(C)c1ccc(N2CCC3(CCNCC3)C2)cc1. The van der Waals surface area contributed by atoms with E-state index >= 15 is 0 Å². The maximum Gasteiger partial charge on any atom is 0.0366 e. The van der Waals surface area contributed by atoms with Gasteiger partial charge in [-0.05, 0) is 61.4 Å². The molecule has 1 aromatic carbocycles. The Kier molecular flexibility index (Phi) is 3.53. The average molecular weight is 258 g/mol. The van der Waals surface area contributed by atoms with Gasteiger partial charge < -0.3 is 10.2 Å². The van der Waals surface area contributed by atoms with Crippen LogP contribution in [0.25, 0.3) is 0 Å². The zero-order valence-corrected chi connectivity index (χ0v) is 12.3. The number of hydrogen-bond donors (Lipinski definition) is 1. The fraction of sp³-hybridized carbons (Fsp3) is 0.647. The molecule has 0 unspecified atom stereocenters. The van der Waals surface area contributed by atoms with E-state index in [-0.39, 0.29) is 0 Å². The average Bonchev–Trinajstić information content (AvgIpc) is 2.83. The van der Waals surface area contributed by atoms with Crippen LogP contribution in [0.1, 0.15) is 44.6 Å². The summed E-state index contributed by atoms with van der Waals surface area (Å²) < 4.78 is 0. The van der Waals surface area contributed by atoms with Gasteiger partial charge >= 0.3 is 0 Å². The minimum absolute atomic E-state index is 0.599. The Balaban J connectivity index is 1.70. The molecule has 2 heterocycles. The summed E-state index contributed by atoms with van der Waals surface area (Å²) in [6, 6.07) is 9.23. The first-order chi connectivity index (χ1) is 9.19. The van der Waals surface area contributed by atoms with E-state index in [4.69, 9.17) is 0 Å². The maximum atomic E-state index is 3.49. The summed E-state index contributed by atoms with van der Waals surface area (Å²) in [5.41, 5.74) is 3.46. The Labute approximate surface area is 117 Å². The molecule has 2 fully saturated rings. The fourth-order valence-electron chi connectivity index (χ4n) is 3.59. The second-order valence-electron chi connectivity index (χ2n) is 6.67. The molecule has 2 nitrogen and oxygen atoms in total. The molecule has 19 heavy (non-hydrogen) atoms. The van der Waals surface area contributed by atoms with Crippen LogP contribution in [0.5, 0.6) is 0 Å². The van der Waals surface area contributed by atoms with Gasteiger partial charge in [-0.25, -0.2) is 0 Å². The Morgan fingerprint density at radius 3 is 2.37 bits per heavy atom. The van der Waals surface area contributed by atoms with E-state index in [1.54, 1.807) is 0 Å². The van der Waals surface area contributed by atoms with Crippen molar-refractivity contribution in [3.05, 3.63) is 29.8 Å². The third-order valence-corrected chi connectivity index (χ3v) is 5.03. The van der Waals surface area contributed by atoms with Crippen molar-refractivity contribution >= 4 is 5.69 Å². The number of nitrogens with zero attached hydrogens (tertiary/aromatic N) is 1. The lowest BCUT2D eigenvalue weighted by atomic mass is 9.78. The highest BCUT2D eigenvalue weighted by atomic mass is 15.2. The van der Waals surface area contributed by atoms with Gasteiger partial charge in [0.05, 0.1) is 0 Å². The third kappa shape index (κ3) is 2.64. The van der Waals surface area contributed by atoms with Gasteiger partial charge in [0.15, 0.2) is 0 Å². The van der Waals surface area contributed by atoms with Gasteiger partial charge in [0.1, 0.15) is 0 Å². The van der Waals surface area contributed by atoms with Crippen LogP contribution in [0.4, 0.5) is 5.69 Å². The van der Waals surface area contributed by atoms with Crippen LogP contribution in [0.3, 0.4) is 0 Å². The van der Waals surface area contributed by atoms with Crippen molar-refractivity contribution in [1.29, 1.82) is 0 Å². The fourth-order valence-corrected chi connectivity index (χ4v) is 3.59. The van der Waals surface area contributed by atoms with E-state index < -0.39 is 0 Å². The van der Waals surface area contributed by atoms with Crippen molar-refractivity contribution in [2.75, 3.05) is 31.1 Å². The molecule has 0 aliphatic carbocycles. The molecule has 0 radical (unpaired) electrons. The molecule has 0 atom stereocenters. The molecule has 0 bridgehead atoms. The molecule has 1 spiro atoms. The molecule has 2 aliphatic rings. The molecule has 2 aliphatic heterocycles. The number of piperidine rings is 1. The molecular formula is C17H26N2. The van der Waals surface area contributed by atoms with E-state index in [1.807, 2.05) is 0 Å². The van der Waals surface area contributed by atoms with E-state index in [2.05, 4.69) is 48.3 Å². The third-order valence-electron chi connectivity index (χ3n) is 5.03. The second-order valence-corrected chi connectivity index (χ2v) is 6.67. The Bertz CT molecular complexity index is 415. The van der Waals surface area contributed by atoms with Gasteiger partial charge in [-0.3, -0.25) is 0 Å². The van der Waals surface area contributed by atoms with Crippen molar-refractivity contribution in [3.8, 4) is 0 Å². The first kappa shape index (κ1) is 13.0. The van der Waals surface area contributed by atoms with E-state index in [0.29, 0.717) is 11.3 Å². The quantitative estimate of drug-likeness (QED) is 0.874.